The summed E-state index contributed by atoms with van der Waals surface area (Å²) in [5.74, 6) is -0.496. The van der Waals surface area contributed by atoms with Gasteiger partial charge in [0, 0.05) is 12.0 Å². The Kier molecular flexibility index (Phi) is 6.57. The van der Waals surface area contributed by atoms with Gasteiger partial charge in [-0.2, -0.15) is 0 Å². The number of aliphatic hydroxyl groups excluding tert-OH is 1. The standard InChI is InChI=1S/C16H24O3/c1-3-5-10-15(19)16(14(18)8-4-2)12-9-6-7-11-13(12)17/h6-7,9,11,14,16-18H,3-5,8,10H2,1-2H3/t14-,16+/m1/s1. The van der Waals surface area contributed by atoms with Gasteiger partial charge < -0.3 is 10.2 Å². The van der Waals surface area contributed by atoms with Crippen molar-refractivity contribution in [1.82, 2.24) is 0 Å². The van der Waals surface area contributed by atoms with Crippen molar-refractivity contribution >= 4 is 5.78 Å². The first kappa shape index (κ1) is 15.7. The van der Waals surface area contributed by atoms with E-state index in [1.807, 2.05) is 13.8 Å². The van der Waals surface area contributed by atoms with Crippen LogP contribution in [0.4, 0.5) is 0 Å². The highest BCUT2D eigenvalue weighted by Gasteiger charge is 2.29. The molecule has 0 amide bonds. The van der Waals surface area contributed by atoms with Gasteiger partial charge in [0.1, 0.15) is 11.5 Å². The molecule has 0 aromatic heterocycles. The van der Waals surface area contributed by atoms with E-state index in [2.05, 4.69) is 0 Å². The molecular weight excluding hydrogens is 240 g/mol. The van der Waals surface area contributed by atoms with E-state index >= 15 is 0 Å². The topological polar surface area (TPSA) is 57.5 Å². The molecule has 0 saturated heterocycles. The first-order valence-corrected chi connectivity index (χ1v) is 7.10. The predicted molar refractivity (Wildman–Crippen MR) is 76.3 cm³/mol. The number of carbonyl (C=O) groups is 1. The molecule has 106 valence electrons. The zero-order valence-corrected chi connectivity index (χ0v) is 11.8. The first-order chi connectivity index (χ1) is 9.11. The number of aliphatic hydroxyl groups is 1. The second-order valence-electron chi connectivity index (χ2n) is 4.96. The number of para-hydroxylation sites is 1. The van der Waals surface area contributed by atoms with Crippen LogP contribution in [0.25, 0.3) is 0 Å². The lowest BCUT2D eigenvalue weighted by Crippen LogP contribution is -2.26. The van der Waals surface area contributed by atoms with E-state index in [1.165, 1.54) is 0 Å². The molecule has 1 aromatic rings. The van der Waals surface area contributed by atoms with Crippen LogP contribution in [0.5, 0.6) is 5.75 Å². The number of hydrogen-bond donors (Lipinski definition) is 2. The normalized spacial score (nSPS) is 14.1. The van der Waals surface area contributed by atoms with Gasteiger partial charge >= 0.3 is 0 Å². The smallest absolute Gasteiger partial charge is 0.143 e. The first-order valence-electron chi connectivity index (χ1n) is 7.10. The minimum Gasteiger partial charge on any atom is -0.508 e. The Hall–Kier alpha value is -1.35. The van der Waals surface area contributed by atoms with Gasteiger partial charge in [-0.25, -0.2) is 0 Å². The lowest BCUT2D eigenvalue weighted by atomic mass is 9.85. The maximum Gasteiger partial charge on any atom is 0.143 e. The highest BCUT2D eigenvalue weighted by atomic mass is 16.3. The summed E-state index contributed by atoms with van der Waals surface area (Å²) in [4.78, 5) is 12.3. The highest BCUT2D eigenvalue weighted by Crippen LogP contribution is 2.31. The van der Waals surface area contributed by atoms with E-state index in [0.29, 0.717) is 18.4 Å². The summed E-state index contributed by atoms with van der Waals surface area (Å²) >= 11 is 0. The molecule has 1 rings (SSSR count). The Labute approximate surface area is 115 Å². The van der Waals surface area contributed by atoms with Crippen molar-refractivity contribution in [3.8, 4) is 5.75 Å². The molecule has 0 heterocycles. The van der Waals surface area contributed by atoms with E-state index < -0.39 is 12.0 Å². The number of carbonyl (C=O) groups excluding carboxylic acids is 1. The fourth-order valence-electron chi connectivity index (χ4n) is 2.31. The maximum atomic E-state index is 12.3. The van der Waals surface area contributed by atoms with Crippen LogP contribution in [0.1, 0.15) is 57.4 Å². The van der Waals surface area contributed by atoms with Gasteiger partial charge in [-0.05, 0) is 18.9 Å². The van der Waals surface area contributed by atoms with Crippen molar-refractivity contribution in [1.29, 1.82) is 0 Å². The summed E-state index contributed by atoms with van der Waals surface area (Å²) < 4.78 is 0. The van der Waals surface area contributed by atoms with Crippen molar-refractivity contribution in [2.24, 2.45) is 0 Å². The fourth-order valence-corrected chi connectivity index (χ4v) is 2.31. The third-order valence-electron chi connectivity index (χ3n) is 3.36. The SMILES string of the molecule is CCCCC(=O)[C@@H](c1ccccc1O)[C@H](O)CCC. The fraction of sp³-hybridized carbons (Fsp3) is 0.562. The number of Topliss-reactive ketones (excluding diaryl/α,β-unsaturated/α-hetero) is 1. The van der Waals surface area contributed by atoms with Crippen LogP contribution >= 0.6 is 0 Å². The zero-order chi connectivity index (χ0) is 14.3. The molecule has 0 aliphatic rings. The molecule has 0 fully saturated rings. The van der Waals surface area contributed by atoms with E-state index in [1.54, 1.807) is 24.3 Å². The number of hydrogen-bond acceptors (Lipinski definition) is 3. The Morgan fingerprint density at radius 2 is 1.89 bits per heavy atom. The molecule has 0 radical (unpaired) electrons. The van der Waals surface area contributed by atoms with Gasteiger partial charge in [0.2, 0.25) is 0 Å². The second kappa shape index (κ2) is 7.95. The number of aromatic hydroxyl groups is 1. The second-order valence-corrected chi connectivity index (χ2v) is 4.96. The van der Waals surface area contributed by atoms with Crippen LogP contribution in [0.3, 0.4) is 0 Å². The summed E-state index contributed by atoms with van der Waals surface area (Å²) in [7, 11) is 0. The summed E-state index contributed by atoms with van der Waals surface area (Å²) in [5.41, 5.74) is 0.546. The Morgan fingerprint density at radius 1 is 1.21 bits per heavy atom. The third kappa shape index (κ3) is 4.35. The average Bonchev–Trinajstić information content (AvgIpc) is 2.39. The molecule has 19 heavy (non-hydrogen) atoms. The number of ketones is 1. The molecule has 0 unspecified atom stereocenters. The Bertz CT molecular complexity index is 401. The number of rotatable bonds is 8. The van der Waals surface area contributed by atoms with Crippen molar-refractivity contribution in [3.05, 3.63) is 29.8 Å². The monoisotopic (exact) mass is 264 g/mol. The molecule has 1 aromatic carbocycles. The molecule has 3 nitrogen and oxygen atoms in total. The summed E-state index contributed by atoms with van der Waals surface area (Å²) in [5, 5.41) is 20.1. The molecule has 3 heteroatoms. The van der Waals surface area contributed by atoms with E-state index in [9.17, 15) is 15.0 Å². The van der Waals surface area contributed by atoms with Gasteiger partial charge in [0.05, 0.1) is 12.0 Å². The predicted octanol–water partition coefficient (Wildman–Crippen LogP) is 3.40. The maximum absolute atomic E-state index is 12.3. The van der Waals surface area contributed by atoms with E-state index in [-0.39, 0.29) is 11.5 Å². The minimum atomic E-state index is -0.720. The van der Waals surface area contributed by atoms with Crippen LogP contribution in [-0.4, -0.2) is 22.1 Å². The van der Waals surface area contributed by atoms with Crippen LogP contribution in [0, 0.1) is 0 Å². The Balaban J connectivity index is 2.98. The molecule has 2 N–H and O–H groups in total. The van der Waals surface area contributed by atoms with Crippen molar-refractivity contribution in [2.75, 3.05) is 0 Å². The summed E-state index contributed by atoms with van der Waals surface area (Å²) in [6, 6.07) is 6.79. The number of benzene rings is 1. The quantitative estimate of drug-likeness (QED) is 0.756. The lowest BCUT2D eigenvalue weighted by Gasteiger charge is -2.22. The number of unbranched alkanes of at least 4 members (excludes halogenated alkanes) is 1. The largest absolute Gasteiger partial charge is 0.508 e. The van der Waals surface area contributed by atoms with E-state index in [4.69, 9.17) is 0 Å². The molecule has 0 spiro atoms. The van der Waals surface area contributed by atoms with Gasteiger partial charge in [0.25, 0.3) is 0 Å². The number of phenolic OH excluding ortho intramolecular Hbond substituents is 1. The molecule has 0 aliphatic heterocycles. The van der Waals surface area contributed by atoms with Crippen molar-refractivity contribution < 1.29 is 15.0 Å². The molecule has 0 bridgehead atoms. The zero-order valence-electron chi connectivity index (χ0n) is 11.8. The third-order valence-corrected chi connectivity index (χ3v) is 3.36. The molecule has 0 aliphatic carbocycles. The molecule has 0 saturated carbocycles. The highest BCUT2D eigenvalue weighted by molar-refractivity contribution is 5.87. The van der Waals surface area contributed by atoms with Crippen LogP contribution in [0.15, 0.2) is 24.3 Å². The van der Waals surface area contributed by atoms with E-state index in [0.717, 1.165) is 19.3 Å². The van der Waals surface area contributed by atoms with Crippen LogP contribution in [0.2, 0.25) is 0 Å². The molecule has 2 atom stereocenters. The van der Waals surface area contributed by atoms with Gasteiger partial charge in [0.15, 0.2) is 0 Å². The van der Waals surface area contributed by atoms with Crippen LogP contribution in [-0.2, 0) is 4.79 Å². The summed E-state index contributed by atoms with van der Waals surface area (Å²) in [6.07, 6.45) is 2.88. The number of phenols is 1. The van der Waals surface area contributed by atoms with Gasteiger partial charge in [-0.15, -0.1) is 0 Å². The minimum absolute atomic E-state index is 0.0179. The average molecular weight is 264 g/mol. The van der Waals surface area contributed by atoms with Gasteiger partial charge in [-0.3, -0.25) is 4.79 Å². The van der Waals surface area contributed by atoms with Crippen molar-refractivity contribution in [2.45, 2.75) is 58.0 Å². The lowest BCUT2D eigenvalue weighted by molar-refractivity contribution is -0.123. The van der Waals surface area contributed by atoms with Gasteiger partial charge in [-0.1, -0.05) is 44.9 Å². The Morgan fingerprint density at radius 3 is 2.47 bits per heavy atom. The van der Waals surface area contributed by atoms with Crippen LogP contribution < -0.4 is 0 Å². The molecular formula is C16H24O3. The summed E-state index contributed by atoms with van der Waals surface area (Å²) in [6.45, 7) is 4.01. The van der Waals surface area contributed by atoms with Crippen molar-refractivity contribution in [3.63, 3.8) is 0 Å².